The van der Waals surface area contributed by atoms with Gasteiger partial charge >= 0.3 is 0 Å². The van der Waals surface area contributed by atoms with Crippen molar-refractivity contribution in [3.05, 3.63) is 27.1 Å². The molecule has 3 atom stereocenters. The Morgan fingerprint density at radius 1 is 1.20 bits per heavy atom. The number of aromatic nitrogens is 2. The van der Waals surface area contributed by atoms with Crippen molar-refractivity contribution in [2.24, 2.45) is 0 Å². The smallest absolute Gasteiger partial charge is 0.262 e. The Kier molecular flexibility index (Phi) is 6.30. The first-order chi connectivity index (χ1) is 14.4. The van der Waals surface area contributed by atoms with Crippen LogP contribution in [0.4, 0.5) is 0 Å². The van der Waals surface area contributed by atoms with Gasteiger partial charge in [0.2, 0.25) is 5.91 Å². The molecule has 0 spiro atoms. The highest BCUT2D eigenvalue weighted by Gasteiger charge is 2.31. The molecule has 0 radical (unpaired) electrons. The van der Waals surface area contributed by atoms with E-state index in [2.05, 4.69) is 42.5 Å². The number of nitrogens with zero attached hydrogens (tertiary/aromatic N) is 4. The van der Waals surface area contributed by atoms with Gasteiger partial charge in [-0.05, 0) is 71.4 Å². The largest absolute Gasteiger partial charge is 0.336 e. The van der Waals surface area contributed by atoms with Crippen LogP contribution in [0.2, 0.25) is 0 Å². The number of fused-ring (bicyclic) bond motifs is 1. The van der Waals surface area contributed by atoms with Gasteiger partial charge in [-0.3, -0.25) is 19.1 Å². The summed E-state index contributed by atoms with van der Waals surface area (Å²) in [6, 6.07) is 0.729. The molecule has 2 fully saturated rings. The van der Waals surface area contributed by atoms with Crippen LogP contribution in [-0.4, -0.2) is 57.0 Å². The quantitative estimate of drug-likeness (QED) is 0.741. The lowest BCUT2D eigenvalue weighted by atomic mass is 9.97. The van der Waals surface area contributed by atoms with Crippen LogP contribution < -0.4 is 5.56 Å². The third kappa shape index (κ3) is 3.94. The van der Waals surface area contributed by atoms with Crippen LogP contribution in [0.5, 0.6) is 0 Å². The fourth-order valence-electron chi connectivity index (χ4n) is 5.44. The Labute approximate surface area is 182 Å². The first kappa shape index (κ1) is 21.5. The first-order valence-corrected chi connectivity index (χ1v) is 12.2. The summed E-state index contributed by atoms with van der Waals surface area (Å²) in [6.45, 7) is 10.6. The number of hydrogen-bond donors (Lipinski definition) is 0. The van der Waals surface area contributed by atoms with Crippen LogP contribution in [-0.2, 0) is 11.2 Å². The number of rotatable bonds is 4. The van der Waals surface area contributed by atoms with Gasteiger partial charge < -0.3 is 4.90 Å². The molecule has 7 heteroatoms. The number of amides is 1. The highest BCUT2D eigenvalue weighted by atomic mass is 32.1. The van der Waals surface area contributed by atoms with Gasteiger partial charge in [-0.2, -0.15) is 0 Å². The molecule has 6 nitrogen and oxygen atoms in total. The molecule has 30 heavy (non-hydrogen) atoms. The molecule has 0 aromatic carbocycles. The van der Waals surface area contributed by atoms with Gasteiger partial charge in [0, 0.05) is 23.5 Å². The van der Waals surface area contributed by atoms with Crippen LogP contribution in [0, 0.1) is 6.92 Å². The summed E-state index contributed by atoms with van der Waals surface area (Å²) in [6.07, 6.45) is 7.93. The van der Waals surface area contributed by atoms with Gasteiger partial charge in [0.05, 0.1) is 24.3 Å². The Hall–Kier alpha value is -1.73. The Morgan fingerprint density at radius 2 is 1.93 bits per heavy atom. The van der Waals surface area contributed by atoms with Crippen molar-refractivity contribution in [3.8, 4) is 0 Å². The average molecular weight is 431 g/mol. The zero-order valence-corrected chi connectivity index (χ0v) is 19.5. The number of hydrogen-bond acceptors (Lipinski definition) is 5. The predicted molar refractivity (Wildman–Crippen MR) is 122 cm³/mol. The fraction of sp³-hybridized carbons (Fsp3) is 0.696. The zero-order valence-electron chi connectivity index (χ0n) is 18.7. The topological polar surface area (TPSA) is 58.4 Å². The van der Waals surface area contributed by atoms with Crippen molar-refractivity contribution in [2.45, 2.75) is 84.3 Å². The molecule has 1 amide bonds. The highest BCUT2D eigenvalue weighted by molar-refractivity contribution is 7.18. The number of carbonyl (C=O) groups is 1. The monoisotopic (exact) mass is 430 g/mol. The lowest BCUT2D eigenvalue weighted by Gasteiger charge is -2.41. The van der Waals surface area contributed by atoms with Gasteiger partial charge in [0.1, 0.15) is 4.83 Å². The third-order valence-electron chi connectivity index (χ3n) is 7.01. The van der Waals surface area contributed by atoms with Gasteiger partial charge in [-0.1, -0.05) is 6.92 Å². The van der Waals surface area contributed by atoms with Crippen molar-refractivity contribution in [3.63, 3.8) is 0 Å². The van der Waals surface area contributed by atoms with Gasteiger partial charge in [-0.15, -0.1) is 11.3 Å². The minimum absolute atomic E-state index is 0.0806. The SMILES string of the molecule is CCc1c(C)sc2ncn(C3CCCN(CC(=O)N4C(C)CCCC4C)C3)c(=O)c12. The van der Waals surface area contributed by atoms with E-state index in [4.69, 9.17) is 0 Å². The molecule has 0 aliphatic carbocycles. The highest BCUT2D eigenvalue weighted by Crippen LogP contribution is 2.29. The molecular weight excluding hydrogens is 396 g/mol. The summed E-state index contributed by atoms with van der Waals surface area (Å²) in [5.74, 6) is 0.234. The molecule has 3 unspecified atom stereocenters. The fourth-order valence-corrected chi connectivity index (χ4v) is 6.52. The van der Waals surface area contributed by atoms with E-state index in [0.717, 1.165) is 61.0 Å². The Morgan fingerprint density at radius 3 is 2.63 bits per heavy atom. The Bertz CT molecular complexity index is 971. The second kappa shape index (κ2) is 8.79. The van der Waals surface area contributed by atoms with E-state index in [1.807, 2.05) is 4.57 Å². The average Bonchev–Trinajstić information content (AvgIpc) is 3.04. The van der Waals surface area contributed by atoms with E-state index in [1.165, 1.54) is 11.3 Å². The molecule has 2 aliphatic heterocycles. The van der Waals surface area contributed by atoms with Gasteiger partial charge in [0.15, 0.2) is 0 Å². The van der Waals surface area contributed by atoms with Crippen LogP contribution >= 0.6 is 11.3 Å². The van der Waals surface area contributed by atoms with E-state index in [1.54, 1.807) is 17.7 Å². The zero-order chi connectivity index (χ0) is 21.4. The summed E-state index contributed by atoms with van der Waals surface area (Å²) >= 11 is 1.61. The number of piperidine rings is 2. The second-order valence-electron chi connectivity index (χ2n) is 9.09. The molecular formula is C23H34N4O2S. The maximum absolute atomic E-state index is 13.3. The molecule has 2 saturated heterocycles. The van der Waals surface area contributed by atoms with Crippen molar-refractivity contribution in [2.75, 3.05) is 19.6 Å². The van der Waals surface area contributed by atoms with E-state index in [9.17, 15) is 9.59 Å². The van der Waals surface area contributed by atoms with Crippen LogP contribution in [0.15, 0.2) is 11.1 Å². The number of likely N-dealkylation sites (tertiary alicyclic amines) is 2. The number of aryl methyl sites for hydroxylation is 2. The molecule has 0 bridgehead atoms. The molecule has 0 saturated carbocycles. The normalized spacial score (nSPS) is 25.7. The van der Waals surface area contributed by atoms with Gasteiger partial charge in [0.25, 0.3) is 5.56 Å². The van der Waals surface area contributed by atoms with Crippen molar-refractivity contribution < 1.29 is 4.79 Å². The molecule has 2 aliphatic rings. The number of carbonyl (C=O) groups excluding carboxylic acids is 1. The molecule has 4 rings (SSSR count). The van der Waals surface area contributed by atoms with Crippen LogP contribution in [0.25, 0.3) is 10.2 Å². The first-order valence-electron chi connectivity index (χ1n) is 11.4. The summed E-state index contributed by atoms with van der Waals surface area (Å²) in [7, 11) is 0. The third-order valence-corrected chi connectivity index (χ3v) is 8.06. The minimum Gasteiger partial charge on any atom is -0.336 e. The van der Waals surface area contributed by atoms with Crippen LogP contribution in [0.3, 0.4) is 0 Å². The van der Waals surface area contributed by atoms with E-state index < -0.39 is 0 Å². The van der Waals surface area contributed by atoms with Crippen molar-refractivity contribution in [1.82, 2.24) is 19.4 Å². The lowest BCUT2D eigenvalue weighted by molar-refractivity contribution is -0.138. The standard InChI is InChI=1S/C23H34N4O2S/c1-5-19-17(4)30-22-21(19)23(29)26(14-24-22)18-10-7-11-25(12-18)13-20(28)27-15(2)8-6-9-16(27)3/h14-16,18H,5-13H2,1-4H3. The van der Waals surface area contributed by atoms with Crippen LogP contribution in [0.1, 0.15) is 69.4 Å². The second-order valence-corrected chi connectivity index (χ2v) is 10.3. The maximum Gasteiger partial charge on any atom is 0.262 e. The molecule has 2 aromatic rings. The summed E-state index contributed by atoms with van der Waals surface area (Å²) in [5, 5.41) is 0.798. The van der Waals surface area contributed by atoms with E-state index >= 15 is 0 Å². The number of thiophene rings is 1. The Balaban J connectivity index is 1.52. The molecule has 164 valence electrons. The van der Waals surface area contributed by atoms with E-state index in [0.29, 0.717) is 18.6 Å². The maximum atomic E-state index is 13.3. The summed E-state index contributed by atoms with van der Waals surface area (Å²) < 4.78 is 1.83. The summed E-state index contributed by atoms with van der Waals surface area (Å²) in [5.41, 5.74) is 1.22. The van der Waals surface area contributed by atoms with E-state index in [-0.39, 0.29) is 17.5 Å². The lowest BCUT2D eigenvalue weighted by Crippen LogP contribution is -2.52. The molecule has 4 heterocycles. The molecule has 2 aromatic heterocycles. The summed E-state index contributed by atoms with van der Waals surface area (Å²) in [4.78, 5) is 37.4. The predicted octanol–water partition coefficient (Wildman–Crippen LogP) is 3.76. The van der Waals surface area contributed by atoms with Gasteiger partial charge in [-0.25, -0.2) is 4.98 Å². The van der Waals surface area contributed by atoms with Crippen molar-refractivity contribution in [1.29, 1.82) is 0 Å². The molecule has 0 N–H and O–H groups in total. The van der Waals surface area contributed by atoms with Crippen molar-refractivity contribution >= 4 is 27.5 Å². The minimum atomic E-state index is 0.0806.